The minimum Gasteiger partial charge on any atom is -0.462 e. The molecule has 120 valence electrons. The molecule has 1 fully saturated rings. The summed E-state index contributed by atoms with van der Waals surface area (Å²) in [6.45, 7) is 8.03. The molecule has 4 nitrogen and oxygen atoms in total. The molecule has 21 heavy (non-hydrogen) atoms. The third kappa shape index (κ3) is 6.91. The fraction of sp³-hybridized carbons (Fsp3) is 0.706. The van der Waals surface area contributed by atoms with Gasteiger partial charge in [0, 0.05) is 6.92 Å². The second-order valence-electron chi connectivity index (χ2n) is 6.06. The van der Waals surface area contributed by atoms with Crippen molar-refractivity contribution in [1.29, 1.82) is 0 Å². The minimum absolute atomic E-state index is 0.104. The first kappa shape index (κ1) is 17.9. The molecule has 0 aromatic rings. The summed E-state index contributed by atoms with van der Waals surface area (Å²) in [4.78, 5) is 10.6. The standard InChI is InChI=1S/C17H28O4/c1-13(8-9-16-17(4,12-18)21-16)6-5-7-14(2)10-11-20-15(3)19/h6,10,16,18H,5,7-9,11-12H2,1-4H3/b13-6+,14-10+/t16-,17+/m0/s1. The first-order valence-electron chi connectivity index (χ1n) is 7.60. The molecule has 1 heterocycles. The van der Waals surface area contributed by atoms with E-state index < -0.39 is 0 Å². The summed E-state index contributed by atoms with van der Waals surface area (Å²) in [5.41, 5.74) is 2.30. The average molecular weight is 296 g/mol. The van der Waals surface area contributed by atoms with Gasteiger partial charge in [-0.25, -0.2) is 0 Å². The van der Waals surface area contributed by atoms with Crippen molar-refractivity contribution in [3.63, 3.8) is 0 Å². The summed E-state index contributed by atoms with van der Waals surface area (Å²) in [5.74, 6) is -0.244. The van der Waals surface area contributed by atoms with Gasteiger partial charge in [-0.15, -0.1) is 0 Å². The second kappa shape index (κ2) is 8.35. The average Bonchev–Trinajstić information content (AvgIpc) is 3.08. The van der Waals surface area contributed by atoms with E-state index >= 15 is 0 Å². The van der Waals surface area contributed by atoms with E-state index in [1.807, 2.05) is 13.0 Å². The molecule has 1 N–H and O–H groups in total. The molecule has 1 saturated heterocycles. The van der Waals surface area contributed by atoms with Gasteiger partial charge in [-0.1, -0.05) is 17.2 Å². The quantitative estimate of drug-likeness (QED) is 0.403. The van der Waals surface area contributed by atoms with Gasteiger partial charge in [-0.2, -0.15) is 0 Å². The molecule has 0 aromatic heterocycles. The molecular formula is C17H28O4. The van der Waals surface area contributed by atoms with Crippen LogP contribution in [0.2, 0.25) is 0 Å². The summed E-state index contributed by atoms with van der Waals surface area (Å²) in [6.07, 6.45) is 8.37. The lowest BCUT2D eigenvalue weighted by Gasteiger charge is -2.03. The van der Waals surface area contributed by atoms with E-state index in [0.717, 1.165) is 25.7 Å². The van der Waals surface area contributed by atoms with Crippen LogP contribution in [0.25, 0.3) is 0 Å². The van der Waals surface area contributed by atoms with Crippen LogP contribution in [0.4, 0.5) is 0 Å². The van der Waals surface area contributed by atoms with Crippen LogP contribution in [0.1, 0.15) is 53.4 Å². The van der Waals surface area contributed by atoms with Crippen LogP contribution in [-0.2, 0) is 14.3 Å². The van der Waals surface area contributed by atoms with Crippen LogP contribution in [0, 0.1) is 0 Å². The van der Waals surface area contributed by atoms with Gasteiger partial charge in [0.15, 0.2) is 0 Å². The van der Waals surface area contributed by atoms with Crippen LogP contribution >= 0.6 is 0 Å². The smallest absolute Gasteiger partial charge is 0.302 e. The molecule has 0 saturated carbocycles. The maximum atomic E-state index is 10.6. The van der Waals surface area contributed by atoms with Crippen molar-refractivity contribution in [3.05, 3.63) is 23.3 Å². The van der Waals surface area contributed by atoms with Gasteiger partial charge in [-0.3, -0.25) is 4.79 Å². The van der Waals surface area contributed by atoms with Crippen LogP contribution in [0.3, 0.4) is 0 Å². The molecule has 0 radical (unpaired) electrons. The highest BCUT2D eigenvalue weighted by atomic mass is 16.6. The number of aliphatic hydroxyl groups excluding tert-OH is 1. The Morgan fingerprint density at radius 2 is 1.90 bits per heavy atom. The highest BCUT2D eigenvalue weighted by Crippen LogP contribution is 2.39. The largest absolute Gasteiger partial charge is 0.462 e. The lowest BCUT2D eigenvalue weighted by Crippen LogP contribution is -2.14. The maximum Gasteiger partial charge on any atom is 0.302 e. The van der Waals surface area contributed by atoms with E-state index in [1.165, 1.54) is 18.1 Å². The molecule has 1 aliphatic rings. The first-order chi connectivity index (χ1) is 9.87. The third-order valence-corrected chi connectivity index (χ3v) is 3.90. The molecule has 0 amide bonds. The summed E-state index contributed by atoms with van der Waals surface area (Å²) in [7, 11) is 0. The van der Waals surface area contributed by atoms with E-state index in [1.54, 1.807) is 0 Å². The van der Waals surface area contributed by atoms with Crippen molar-refractivity contribution >= 4 is 5.97 Å². The SMILES string of the molecule is CC(=O)OC/C=C(\C)CC/C=C(\C)CC[C@@H]1O[C@]1(C)CO. The van der Waals surface area contributed by atoms with Gasteiger partial charge < -0.3 is 14.6 Å². The highest BCUT2D eigenvalue weighted by molar-refractivity contribution is 5.66. The lowest BCUT2D eigenvalue weighted by molar-refractivity contribution is -0.139. The molecule has 1 rings (SSSR count). The van der Waals surface area contributed by atoms with Gasteiger partial charge in [0.2, 0.25) is 0 Å². The number of allylic oxidation sites excluding steroid dienone is 3. The Hall–Kier alpha value is -1.13. The monoisotopic (exact) mass is 296 g/mol. The predicted octanol–water partition coefficient (Wildman–Crippen LogP) is 3.15. The highest BCUT2D eigenvalue weighted by Gasteiger charge is 2.50. The van der Waals surface area contributed by atoms with Crippen LogP contribution in [-0.4, -0.2) is 36.0 Å². The van der Waals surface area contributed by atoms with E-state index in [2.05, 4.69) is 19.9 Å². The van der Waals surface area contributed by atoms with Crippen LogP contribution in [0.5, 0.6) is 0 Å². The predicted molar refractivity (Wildman–Crippen MR) is 83.0 cm³/mol. The Labute approximate surface area is 127 Å². The summed E-state index contributed by atoms with van der Waals surface area (Å²) in [5, 5.41) is 9.13. The normalized spacial score (nSPS) is 25.9. The van der Waals surface area contributed by atoms with Gasteiger partial charge in [0.05, 0.1) is 12.7 Å². The van der Waals surface area contributed by atoms with Crippen LogP contribution in [0.15, 0.2) is 23.3 Å². The topological polar surface area (TPSA) is 59.1 Å². The number of hydrogen-bond acceptors (Lipinski definition) is 4. The number of epoxide rings is 1. The zero-order chi connectivity index (χ0) is 15.9. The first-order valence-corrected chi connectivity index (χ1v) is 7.60. The summed E-state index contributed by atoms with van der Waals surface area (Å²) >= 11 is 0. The molecular weight excluding hydrogens is 268 g/mol. The van der Waals surface area contributed by atoms with Crippen LogP contribution < -0.4 is 0 Å². The fourth-order valence-electron chi connectivity index (χ4n) is 2.20. The number of aliphatic hydroxyl groups is 1. The number of ether oxygens (including phenoxy) is 2. The molecule has 0 bridgehead atoms. The number of esters is 1. The number of carbonyl (C=O) groups excluding carboxylic acids is 1. The third-order valence-electron chi connectivity index (χ3n) is 3.90. The van der Waals surface area contributed by atoms with Crippen molar-refractivity contribution < 1.29 is 19.4 Å². The van der Waals surface area contributed by atoms with Gasteiger partial charge in [0.1, 0.15) is 12.2 Å². The minimum atomic E-state index is -0.295. The van der Waals surface area contributed by atoms with Crippen molar-refractivity contribution in [2.24, 2.45) is 0 Å². The molecule has 0 aromatic carbocycles. The zero-order valence-electron chi connectivity index (χ0n) is 13.6. The zero-order valence-corrected chi connectivity index (χ0v) is 13.6. The summed E-state index contributed by atoms with van der Waals surface area (Å²) < 4.78 is 10.4. The van der Waals surface area contributed by atoms with E-state index in [9.17, 15) is 4.79 Å². The Morgan fingerprint density at radius 3 is 2.48 bits per heavy atom. The van der Waals surface area contributed by atoms with E-state index in [0.29, 0.717) is 6.61 Å². The Kier molecular flexibility index (Phi) is 7.12. The Balaban J connectivity index is 2.16. The Bertz CT molecular complexity index is 411. The van der Waals surface area contributed by atoms with Crippen molar-refractivity contribution in [2.45, 2.75) is 65.1 Å². The number of hydrogen-bond donors (Lipinski definition) is 1. The number of carbonyl (C=O) groups is 1. The molecule has 0 aliphatic carbocycles. The van der Waals surface area contributed by atoms with E-state index in [-0.39, 0.29) is 24.3 Å². The van der Waals surface area contributed by atoms with Crippen molar-refractivity contribution in [1.82, 2.24) is 0 Å². The molecule has 4 heteroatoms. The molecule has 2 atom stereocenters. The van der Waals surface area contributed by atoms with Gasteiger partial charge in [0.25, 0.3) is 0 Å². The Morgan fingerprint density at radius 1 is 1.24 bits per heavy atom. The fourth-order valence-corrected chi connectivity index (χ4v) is 2.20. The lowest BCUT2D eigenvalue weighted by atomic mass is 10.0. The van der Waals surface area contributed by atoms with Crippen molar-refractivity contribution in [3.8, 4) is 0 Å². The van der Waals surface area contributed by atoms with Gasteiger partial charge in [-0.05, 0) is 52.5 Å². The molecule has 0 spiro atoms. The molecule has 0 unspecified atom stereocenters. The maximum absolute atomic E-state index is 10.6. The molecule has 1 aliphatic heterocycles. The van der Waals surface area contributed by atoms with Gasteiger partial charge >= 0.3 is 5.97 Å². The van der Waals surface area contributed by atoms with Crippen molar-refractivity contribution in [2.75, 3.05) is 13.2 Å². The second-order valence-corrected chi connectivity index (χ2v) is 6.06. The number of rotatable bonds is 9. The van der Waals surface area contributed by atoms with E-state index in [4.69, 9.17) is 14.6 Å². The summed E-state index contributed by atoms with van der Waals surface area (Å²) in [6, 6.07) is 0.